The van der Waals surface area contributed by atoms with E-state index in [0.29, 0.717) is 64.2 Å². The van der Waals surface area contributed by atoms with Crippen molar-refractivity contribution in [3.63, 3.8) is 0 Å². The predicted molar refractivity (Wildman–Crippen MR) is 448 cm³/mol. The van der Waals surface area contributed by atoms with E-state index in [1.807, 2.05) is 0 Å². The first-order chi connectivity index (χ1) is 62.1. The van der Waals surface area contributed by atoms with Crippen molar-refractivity contribution in [2.24, 2.45) is 50.2 Å². The molecule has 40 nitrogen and oxygen atoms in total. The molecule has 8 aliphatic heterocycles. The van der Waals surface area contributed by atoms with Crippen molar-refractivity contribution in [2.45, 2.75) is 443 Å². The van der Waals surface area contributed by atoms with E-state index in [9.17, 15) is 112 Å². The fourth-order valence-corrected chi connectivity index (χ4v) is 24.1. The number of rotatable bonds is 37. The van der Waals surface area contributed by atoms with E-state index in [2.05, 4.69) is 47.6 Å². The number of carboxylic acid groups (broad SMARTS) is 1. The summed E-state index contributed by atoms with van der Waals surface area (Å²) in [4.78, 5) is 44.0. The van der Waals surface area contributed by atoms with Gasteiger partial charge in [-0.2, -0.15) is 0 Å². The number of ether oxygens (including phenoxy) is 17. The molecule has 40 heteroatoms. The lowest BCUT2D eigenvalue weighted by Gasteiger charge is -2.71. The molecule has 45 atom stereocenters. The molecule has 8 heterocycles. The maximum absolute atomic E-state index is 16.4. The molecule has 13 aliphatic rings. The first kappa shape index (κ1) is 105. The summed E-state index contributed by atoms with van der Waals surface area (Å²) in [6, 6.07) is 0. The van der Waals surface area contributed by atoms with E-state index in [1.54, 1.807) is 13.8 Å². The van der Waals surface area contributed by atoms with Gasteiger partial charge >= 0.3 is 11.9 Å². The minimum atomic E-state index is -2.40. The van der Waals surface area contributed by atoms with Gasteiger partial charge in [-0.15, -0.1) is 0 Å². The normalized spacial score (nSPS) is 49.4. The lowest BCUT2D eigenvalue weighted by atomic mass is 9.33. The average molecular weight is 1880 g/mol. The molecule has 13 rings (SSSR count). The molecular formula is C91H150O40. The van der Waals surface area contributed by atoms with E-state index in [-0.39, 0.29) is 24.4 Å². The second kappa shape index (κ2) is 43.6. The van der Waals surface area contributed by atoms with Crippen molar-refractivity contribution >= 4 is 18.2 Å². The third-order valence-electron chi connectivity index (χ3n) is 32.5. The topological polar surface area (TPSA) is 613 Å². The van der Waals surface area contributed by atoms with Gasteiger partial charge in [0.25, 0.3) is 0 Å². The summed E-state index contributed by atoms with van der Waals surface area (Å²) in [5.74, 6) is -3.45. The highest BCUT2D eigenvalue weighted by molar-refractivity contribution is 5.79. The zero-order valence-electron chi connectivity index (χ0n) is 76.7. The van der Waals surface area contributed by atoms with Gasteiger partial charge in [-0.3, -0.25) is 4.79 Å². The van der Waals surface area contributed by atoms with Crippen LogP contribution in [0.2, 0.25) is 0 Å². The molecule has 20 N–H and O–H groups in total. The highest BCUT2D eigenvalue weighted by Gasteiger charge is 2.72. The molecule has 0 aromatic rings. The molecule has 12 fully saturated rings. The van der Waals surface area contributed by atoms with Crippen LogP contribution in [0, 0.1) is 50.2 Å². The number of hydrogen-bond acceptors (Lipinski definition) is 39. The molecule has 0 amide bonds. The van der Waals surface area contributed by atoms with Gasteiger partial charge in [-0.25, -0.2) is 4.79 Å². The number of aliphatic hydroxyl groups is 19. The number of carbonyl (C=O) groups excluding carboxylic acids is 2. The van der Waals surface area contributed by atoms with E-state index in [1.165, 1.54) is 58.3 Å². The van der Waals surface area contributed by atoms with Crippen LogP contribution in [0.25, 0.3) is 0 Å². The van der Waals surface area contributed by atoms with Gasteiger partial charge in [-0.05, 0) is 124 Å². The number of aldehydes is 1. The Labute approximate surface area is 763 Å². The third-order valence-corrected chi connectivity index (χ3v) is 32.5. The fourth-order valence-electron chi connectivity index (χ4n) is 24.1. The summed E-state index contributed by atoms with van der Waals surface area (Å²) in [6.45, 7) is 13.7. The largest absolute Gasteiger partial charge is 0.479 e. The van der Waals surface area contributed by atoms with Gasteiger partial charge in [0.1, 0.15) is 147 Å². The minimum absolute atomic E-state index is 0.126. The first-order valence-electron chi connectivity index (χ1n) is 47.8. The molecule has 0 aromatic heterocycles. The molecule has 0 spiro atoms. The second-order valence-corrected chi connectivity index (χ2v) is 41.3. The molecule has 131 heavy (non-hydrogen) atoms. The summed E-state index contributed by atoms with van der Waals surface area (Å²) in [6.07, 6.45) is -41.9. The average Bonchev–Trinajstić information content (AvgIpc) is 0.762. The van der Waals surface area contributed by atoms with Crippen LogP contribution in [0.1, 0.15) is 216 Å². The summed E-state index contributed by atoms with van der Waals surface area (Å²) in [7, 11) is 0. The lowest BCUT2D eigenvalue weighted by Crippen LogP contribution is -2.69. The number of carboxylic acids is 1. The van der Waals surface area contributed by atoms with Gasteiger partial charge in [-0.1, -0.05) is 144 Å². The van der Waals surface area contributed by atoms with E-state index in [4.69, 9.17) is 80.5 Å². The second-order valence-electron chi connectivity index (χ2n) is 41.3. The van der Waals surface area contributed by atoms with Crippen LogP contribution >= 0.6 is 0 Å². The predicted octanol–water partition coefficient (Wildman–Crippen LogP) is -0.988. The number of allylic oxidation sites excluding steroid dienone is 2. The van der Waals surface area contributed by atoms with E-state index >= 15 is 4.79 Å². The maximum Gasteiger partial charge on any atom is 0.335 e. The summed E-state index contributed by atoms with van der Waals surface area (Å²) in [5, 5.41) is 223. The van der Waals surface area contributed by atoms with Crippen molar-refractivity contribution in [2.75, 3.05) is 46.2 Å². The van der Waals surface area contributed by atoms with E-state index < -0.39 is 317 Å². The zero-order chi connectivity index (χ0) is 95.1. The molecular weight excluding hydrogens is 1730 g/mol. The van der Waals surface area contributed by atoms with Crippen molar-refractivity contribution in [3.8, 4) is 0 Å². The van der Waals surface area contributed by atoms with Crippen molar-refractivity contribution < 1.29 is 197 Å². The summed E-state index contributed by atoms with van der Waals surface area (Å²) < 4.78 is 106. The summed E-state index contributed by atoms with van der Waals surface area (Å²) in [5.41, 5.74) is -6.14. The molecule has 754 valence electrons. The van der Waals surface area contributed by atoms with Crippen LogP contribution in [0.4, 0.5) is 0 Å². The van der Waals surface area contributed by atoms with Gasteiger partial charge < -0.3 is 187 Å². The third kappa shape index (κ3) is 20.9. The Morgan fingerprint density at radius 2 is 0.985 bits per heavy atom. The molecule has 4 saturated carbocycles. The Bertz CT molecular complexity index is 3700. The van der Waals surface area contributed by atoms with Gasteiger partial charge in [0.15, 0.2) is 61.8 Å². The Balaban J connectivity index is 0.765. The smallest absolute Gasteiger partial charge is 0.335 e. The Morgan fingerprint density at radius 1 is 0.466 bits per heavy atom. The number of fused-ring (bicyclic) bond motifs is 7. The van der Waals surface area contributed by atoms with Crippen molar-refractivity contribution in [1.29, 1.82) is 0 Å². The van der Waals surface area contributed by atoms with Crippen LogP contribution in [0.3, 0.4) is 0 Å². The SMILES string of the molecule is CCCCCCCCCCCCCCCCO[C@@H]1[C@H](O)[C@@H](O[C@@H]2O[C@@H](C)[C@H](O[C@@H]3OC[C@@H](O)[C@H](O[C@H]4OC[C@H](O)[C@@]4(O)CO)[C@H]3O)[C@@H](O[C@@H]3O[C@H](CO)[C@@H](O)[C@H](O)[C@H]3O)[C@H]2O)[C@H](OC(=O)[C@]23CCC(C)(C)CC2C2=CCC4[C@@]5(C)CC[C@H](O[C@@H]6O[C@H](C(=O)O)[C@@H](O)[C@H](O[C@@H]7OC[C@@H](O)[C@H](O)[C@H]7O)[C@H]6O[C@@H]6O[C@H](CO)[C@H](O)[C@H](O)[C@H]6O)[C@@](C)(C=O)C5CC[C@@]4(C)[C@]2(C)CC3)O[C@@H]1C. The fraction of sp³-hybridized carbons (Fsp3) is 0.945. The summed E-state index contributed by atoms with van der Waals surface area (Å²) >= 11 is 0. The zero-order valence-corrected chi connectivity index (χ0v) is 76.7. The van der Waals surface area contributed by atoms with Gasteiger partial charge in [0.05, 0.1) is 68.8 Å². The molecule has 0 aromatic carbocycles. The quantitative estimate of drug-likeness (QED) is 0.0117. The van der Waals surface area contributed by atoms with Crippen molar-refractivity contribution in [1.82, 2.24) is 0 Å². The van der Waals surface area contributed by atoms with E-state index in [0.717, 1.165) is 44.0 Å². The van der Waals surface area contributed by atoms with Gasteiger partial charge in [0, 0.05) is 6.61 Å². The monoisotopic (exact) mass is 1880 g/mol. The van der Waals surface area contributed by atoms with Crippen LogP contribution < -0.4 is 0 Å². The van der Waals surface area contributed by atoms with Crippen LogP contribution in [0.15, 0.2) is 11.6 Å². The molecule has 3 unspecified atom stereocenters. The Kier molecular flexibility index (Phi) is 35.0. The minimum Gasteiger partial charge on any atom is -0.479 e. The van der Waals surface area contributed by atoms with Crippen LogP contribution in [-0.4, -0.2) is 393 Å². The highest BCUT2D eigenvalue weighted by Crippen LogP contribution is 2.76. The van der Waals surface area contributed by atoms with Crippen molar-refractivity contribution in [3.05, 3.63) is 11.6 Å². The number of unbranched alkanes of at least 4 members (excludes halogenated alkanes) is 13. The number of carbonyl (C=O) groups is 3. The maximum atomic E-state index is 16.4. The number of esters is 1. The van der Waals surface area contributed by atoms with Crippen LogP contribution in [-0.2, 0) is 94.9 Å². The molecule has 0 radical (unpaired) electrons. The molecule has 8 saturated heterocycles. The standard InChI is InChI=1S/C91H150O40/c1-10-11-12-13-14-15-16-17-18-19-20-21-22-23-34-115-67-43(2)120-81(73(63(67)107)128-80-66(110)71(126-78-61(105)58(102)56(100)49(36-92)121-78)68(44(3)119-80)124-77-65(109)69(48(97)39-117-77)130-84-91(114,42-95)53(98)40-118-84)131-83(113)90-32-30-85(4,5)35-46(90)45-24-25-52-86(6)28-27-54(87(7,41-94)51(86)26-29-89(52,9)88(45,8)31-33-90)123-82-74(129-79-62(106)59(103)57(101)50(37-93)122-79)70(64(108)72(127-82)75(111)112)125-76-60(104)55(99)47(96)38-116-76/h24,41,43-44,46-74,76-82,84,92-93,95-110,114H,10-23,25-40,42H2,1-9H3,(H,111,112)/t43-,44+,46?,47-,48-,49-,50-,51?,52?,53+,54+,55+,56-,57+,58+,59+,60-,61-,62-,63+,64+,65-,66-,67+,68+,69+,70+,71+,72+,73-,74-,76+,77+,78+,79+,80+,81+,82-,84-,86+,87+,88-,89-,90+,91+/m1/s1. The Hall–Kier alpha value is -3.05. The van der Waals surface area contributed by atoms with Gasteiger partial charge in [0.2, 0.25) is 6.29 Å². The lowest BCUT2D eigenvalue weighted by molar-refractivity contribution is -0.397. The highest BCUT2D eigenvalue weighted by atomic mass is 16.8. The Morgan fingerprint density at radius 3 is 1.58 bits per heavy atom. The number of aliphatic hydroxyl groups excluding tert-OH is 18. The number of hydrogen-bond donors (Lipinski definition) is 20. The number of aliphatic carboxylic acids is 1. The molecule has 0 bridgehead atoms. The first-order valence-corrected chi connectivity index (χ1v) is 47.8. The van der Waals surface area contributed by atoms with Crippen LogP contribution in [0.5, 0.6) is 0 Å². The molecule has 5 aliphatic carbocycles.